The van der Waals surface area contributed by atoms with Crippen LogP contribution in [0.3, 0.4) is 0 Å². The van der Waals surface area contributed by atoms with Gasteiger partial charge in [0.1, 0.15) is 0 Å². The van der Waals surface area contributed by atoms with Crippen LogP contribution in [0.1, 0.15) is 36.3 Å². The average molecular weight is 234 g/mol. The zero-order valence-electron chi connectivity index (χ0n) is 9.30. The van der Waals surface area contributed by atoms with Gasteiger partial charge in [0.15, 0.2) is 0 Å². The summed E-state index contributed by atoms with van der Waals surface area (Å²) in [6.45, 7) is 8.40. The topological polar surface area (TPSA) is 12.0 Å². The van der Waals surface area contributed by atoms with Crippen molar-refractivity contribution >= 4 is 11.6 Å². The lowest BCUT2D eigenvalue weighted by atomic mass is 9.74. The first-order chi connectivity index (χ1) is 7.73. The van der Waals surface area contributed by atoms with Crippen molar-refractivity contribution in [3.05, 3.63) is 41.3 Å². The molecule has 1 aliphatic carbocycles. The Balaban J connectivity index is 2.13. The first-order valence-electron chi connectivity index (χ1n) is 5.98. The van der Waals surface area contributed by atoms with Gasteiger partial charge in [-0.15, -0.1) is 0 Å². The lowest BCUT2D eigenvalue weighted by Crippen LogP contribution is -2.38. The molecule has 1 heterocycles. The molecule has 1 fully saturated rings. The van der Waals surface area contributed by atoms with E-state index in [4.69, 9.17) is 18.5 Å². The van der Waals surface area contributed by atoms with Gasteiger partial charge in [-0.1, -0.05) is 23.7 Å². The van der Waals surface area contributed by atoms with Crippen molar-refractivity contribution in [2.24, 2.45) is 0 Å². The zero-order chi connectivity index (χ0) is 11.2. The second kappa shape index (κ2) is 3.75. The lowest BCUT2D eigenvalue weighted by Gasteiger charge is -2.35. The van der Waals surface area contributed by atoms with E-state index in [0.29, 0.717) is 0 Å². The number of benzene rings is 1. The number of hydrogen-bond donors (Lipinski definition) is 1. The summed E-state index contributed by atoms with van der Waals surface area (Å²) < 4.78 is 0. The van der Waals surface area contributed by atoms with Crippen LogP contribution in [-0.2, 0) is 5.41 Å². The van der Waals surface area contributed by atoms with Crippen molar-refractivity contribution < 1.29 is 0 Å². The average Bonchev–Trinajstić information content (AvgIpc) is 2.55. The van der Waals surface area contributed by atoms with Crippen LogP contribution in [0.2, 0.25) is 5.02 Å². The molecule has 0 amide bonds. The molecular formula is C14H16ClN. The van der Waals surface area contributed by atoms with E-state index in [1.54, 1.807) is 0 Å². The minimum atomic E-state index is 0.173. The molecule has 1 aromatic rings. The Kier molecular flexibility index (Phi) is 2.49. The fourth-order valence-electron chi connectivity index (χ4n) is 3.40. The van der Waals surface area contributed by atoms with E-state index in [1.165, 1.54) is 11.1 Å². The van der Waals surface area contributed by atoms with Gasteiger partial charge in [0.2, 0.25) is 0 Å². The van der Waals surface area contributed by atoms with E-state index < -0.39 is 0 Å². The summed E-state index contributed by atoms with van der Waals surface area (Å²) in [6.07, 6.45) is 3.39. The van der Waals surface area contributed by atoms with Crippen molar-refractivity contribution in [3.63, 3.8) is 0 Å². The van der Waals surface area contributed by atoms with E-state index in [-0.39, 0.29) is 11.3 Å². The van der Waals surface area contributed by atoms with Gasteiger partial charge in [0.05, 0.1) is 0 Å². The maximum atomic E-state index is 6.38. The maximum absolute atomic E-state index is 6.38. The number of fused-ring (bicyclic) bond motifs is 2. The van der Waals surface area contributed by atoms with Crippen LogP contribution in [0.5, 0.6) is 0 Å². The minimum absolute atomic E-state index is 0.173. The minimum Gasteiger partial charge on any atom is -0.317 e. The van der Waals surface area contributed by atoms with Crippen LogP contribution in [0, 0.1) is 6.92 Å². The molecule has 2 aliphatic rings. The summed E-state index contributed by atoms with van der Waals surface area (Å²) in [5.74, 6) is 0.173. The highest BCUT2D eigenvalue weighted by Crippen LogP contribution is 2.52. The Morgan fingerprint density at radius 3 is 2.81 bits per heavy atom. The highest BCUT2D eigenvalue weighted by molar-refractivity contribution is 6.31. The van der Waals surface area contributed by atoms with E-state index in [2.05, 4.69) is 11.4 Å². The SMILES string of the molecule is [CH]C1CC2(CCNCC2)c2c(Cl)cccc21. The Labute approximate surface area is 102 Å². The molecule has 1 atom stereocenters. The normalized spacial score (nSPS) is 27.0. The van der Waals surface area contributed by atoms with Gasteiger partial charge in [0.25, 0.3) is 0 Å². The summed E-state index contributed by atoms with van der Waals surface area (Å²) >= 11 is 6.38. The van der Waals surface area contributed by atoms with Gasteiger partial charge in [-0.05, 0) is 62.4 Å². The molecule has 3 rings (SSSR count). The molecule has 1 N–H and O–H groups in total. The third kappa shape index (κ3) is 1.42. The molecule has 0 bridgehead atoms. The van der Waals surface area contributed by atoms with Gasteiger partial charge in [-0.3, -0.25) is 0 Å². The molecule has 0 saturated carbocycles. The quantitative estimate of drug-likeness (QED) is 0.726. The van der Waals surface area contributed by atoms with Crippen LogP contribution in [-0.4, -0.2) is 13.1 Å². The van der Waals surface area contributed by atoms with Crippen molar-refractivity contribution in [2.45, 2.75) is 30.6 Å². The predicted octanol–water partition coefficient (Wildman–Crippen LogP) is 3.16. The standard InChI is InChI=1S/C14H16ClN/c1-10-9-14(5-7-16-8-6-14)13-11(10)3-2-4-12(13)15/h1-4,10,16H,5-9H2. The van der Waals surface area contributed by atoms with Gasteiger partial charge in [0, 0.05) is 10.4 Å². The van der Waals surface area contributed by atoms with E-state index in [9.17, 15) is 0 Å². The summed E-state index contributed by atoms with van der Waals surface area (Å²) in [5.41, 5.74) is 2.86. The van der Waals surface area contributed by atoms with Crippen molar-refractivity contribution in [3.8, 4) is 0 Å². The second-order valence-corrected chi connectivity index (χ2v) is 5.45. The van der Waals surface area contributed by atoms with E-state index in [1.807, 2.05) is 12.1 Å². The molecule has 1 saturated heterocycles. The van der Waals surface area contributed by atoms with Gasteiger partial charge in [-0.25, -0.2) is 0 Å². The van der Waals surface area contributed by atoms with Crippen LogP contribution in [0.15, 0.2) is 18.2 Å². The number of piperidine rings is 1. The highest BCUT2D eigenvalue weighted by atomic mass is 35.5. The summed E-state index contributed by atoms with van der Waals surface area (Å²) in [4.78, 5) is 0. The molecule has 2 heteroatoms. The molecule has 0 aromatic heterocycles. The van der Waals surface area contributed by atoms with Crippen molar-refractivity contribution in [1.29, 1.82) is 0 Å². The largest absolute Gasteiger partial charge is 0.317 e. The van der Waals surface area contributed by atoms with Crippen LogP contribution in [0.4, 0.5) is 0 Å². The van der Waals surface area contributed by atoms with Crippen molar-refractivity contribution in [1.82, 2.24) is 5.32 Å². The Morgan fingerprint density at radius 1 is 1.31 bits per heavy atom. The number of halogens is 1. The maximum Gasteiger partial charge on any atom is 0.0446 e. The molecule has 1 unspecified atom stereocenters. The Bertz CT molecular complexity index is 407. The van der Waals surface area contributed by atoms with Gasteiger partial charge >= 0.3 is 0 Å². The highest BCUT2D eigenvalue weighted by Gasteiger charge is 2.43. The molecule has 1 nitrogen and oxygen atoms in total. The fourth-order valence-corrected chi connectivity index (χ4v) is 3.78. The molecule has 1 aromatic carbocycles. The molecule has 84 valence electrons. The zero-order valence-corrected chi connectivity index (χ0v) is 10.1. The monoisotopic (exact) mass is 233 g/mol. The molecule has 16 heavy (non-hydrogen) atoms. The van der Waals surface area contributed by atoms with Crippen molar-refractivity contribution in [2.75, 3.05) is 13.1 Å². The van der Waals surface area contributed by atoms with E-state index in [0.717, 1.165) is 37.4 Å². The molecule has 1 aliphatic heterocycles. The summed E-state index contributed by atoms with van der Waals surface area (Å²) in [6, 6.07) is 6.16. The Hall–Kier alpha value is -0.530. The van der Waals surface area contributed by atoms with Gasteiger partial charge < -0.3 is 5.32 Å². The van der Waals surface area contributed by atoms with Crippen LogP contribution < -0.4 is 5.32 Å². The smallest absolute Gasteiger partial charge is 0.0446 e. The second-order valence-electron chi connectivity index (χ2n) is 5.05. The van der Waals surface area contributed by atoms with Crippen LogP contribution >= 0.6 is 11.6 Å². The van der Waals surface area contributed by atoms with Crippen LogP contribution in [0.25, 0.3) is 0 Å². The predicted molar refractivity (Wildman–Crippen MR) is 66.9 cm³/mol. The van der Waals surface area contributed by atoms with Gasteiger partial charge in [-0.2, -0.15) is 0 Å². The number of hydrogen-bond acceptors (Lipinski definition) is 1. The third-order valence-electron chi connectivity index (χ3n) is 4.15. The lowest BCUT2D eigenvalue weighted by molar-refractivity contribution is 0.300. The summed E-state index contributed by atoms with van der Waals surface area (Å²) in [7, 11) is 0. The first kappa shape index (κ1) is 10.6. The molecule has 1 spiro atoms. The molecular weight excluding hydrogens is 218 g/mol. The number of rotatable bonds is 0. The fraction of sp³-hybridized carbons (Fsp3) is 0.500. The van der Waals surface area contributed by atoms with E-state index >= 15 is 0 Å². The first-order valence-corrected chi connectivity index (χ1v) is 6.36. The molecule has 2 radical (unpaired) electrons. The Morgan fingerprint density at radius 2 is 2.06 bits per heavy atom. The number of nitrogens with one attached hydrogen (secondary N) is 1. The summed E-state index contributed by atoms with van der Waals surface area (Å²) in [5, 5.41) is 4.33. The third-order valence-corrected chi connectivity index (χ3v) is 4.46.